The molecule has 5 heteroatoms. The fourth-order valence-corrected chi connectivity index (χ4v) is 2.91. The molecule has 0 aliphatic rings. The van der Waals surface area contributed by atoms with Crippen LogP contribution in [0.2, 0.25) is 0 Å². The fourth-order valence-electron chi connectivity index (χ4n) is 2.91. The number of hydrogen-bond donors (Lipinski definition) is 1. The van der Waals surface area contributed by atoms with E-state index in [1.165, 1.54) is 5.56 Å². The first-order chi connectivity index (χ1) is 11.2. The van der Waals surface area contributed by atoms with Crippen LogP contribution in [0.5, 0.6) is 0 Å². The van der Waals surface area contributed by atoms with E-state index in [4.69, 9.17) is 4.52 Å². The number of aromatic nitrogens is 4. The number of benzene rings is 1. The number of nitrogens with one attached hydrogen (secondary N) is 1. The monoisotopic (exact) mass is 304 g/mol. The number of nitrogens with zero attached hydrogens (tertiary/aromatic N) is 3. The normalized spacial score (nSPS) is 11.2. The fraction of sp³-hybridized carbons (Fsp3) is 0.167. The Kier molecular flexibility index (Phi) is 3.19. The van der Waals surface area contributed by atoms with Crippen LogP contribution in [0.1, 0.15) is 22.7 Å². The van der Waals surface area contributed by atoms with Crippen molar-refractivity contribution in [3.8, 4) is 11.1 Å². The third-order valence-electron chi connectivity index (χ3n) is 4.03. The summed E-state index contributed by atoms with van der Waals surface area (Å²) in [5, 5.41) is 12.5. The SMILES string of the molecule is Cc1noc(C)c1-c1cnc2[nH]nc(Cc3ccccc3)c2c1. The Hall–Kier alpha value is -2.95. The minimum absolute atomic E-state index is 0.771. The second-order valence-corrected chi connectivity index (χ2v) is 5.65. The van der Waals surface area contributed by atoms with E-state index in [0.29, 0.717) is 0 Å². The first-order valence-corrected chi connectivity index (χ1v) is 7.52. The van der Waals surface area contributed by atoms with Crippen molar-refractivity contribution in [1.82, 2.24) is 20.3 Å². The predicted octanol–water partition coefficient (Wildman–Crippen LogP) is 3.82. The molecule has 4 rings (SSSR count). The van der Waals surface area contributed by atoms with Crippen molar-refractivity contribution in [1.29, 1.82) is 0 Å². The van der Waals surface area contributed by atoms with Gasteiger partial charge < -0.3 is 4.52 Å². The minimum atomic E-state index is 0.771. The quantitative estimate of drug-likeness (QED) is 0.625. The standard InChI is InChI=1S/C18H16N4O/c1-11-17(12(2)23-22-11)14-9-15-16(20-21-18(15)19-10-14)8-13-6-4-3-5-7-13/h3-7,9-10H,8H2,1-2H3,(H,19,20,21). The third-order valence-corrected chi connectivity index (χ3v) is 4.03. The van der Waals surface area contributed by atoms with Gasteiger partial charge in [-0.05, 0) is 25.5 Å². The van der Waals surface area contributed by atoms with Crippen LogP contribution >= 0.6 is 0 Å². The van der Waals surface area contributed by atoms with Crippen LogP contribution in [-0.4, -0.2) is 20.3 Å². The number of hydrogen-bond acceptors (Lipinski definition) is 4. The lowest BCUT2D eigenvalue weighted by Gasteiger charge is -2.02. The Morgan fingerprint density at radius 2 is 1.96 bits per heavy atom. The maximum atomic E-state index is 5.27. The largest absolute Gasteiger partial charge is 0.361 e. The molecular weight excluding hydrogens is 288 g/mol. The summed E-state index contributed by atoms with van der Waals surface area (Å²) in [6, 6.07) is 12.4. The van der Waals surface area contributed by atoms with E-state index in [-0.39, 0.29) is 0 Å². The highest BCUT2D eigenvalue weighted by Crippen LogP contribution is 2.29. The summed E-state index contributed by atoms with van der Waals surface area (Å²) in [6.45, 7) is 3.86. The van der Waals surface area contributed by atoms with Crippen molar-refractivity contribution < 1.29 is 4.52 Å². The molecule has 5 nitrogen and oxygen atoms in total. The molecular formula is C18H16N4O. The van der Waals surface area contributed by atoms with E-state index in [1.54, 1.807) is 0 Å². The Bertz CT molecular complexity index is 950. The van der Waals surface area contributed by atoms with Gasteiger partial charge in [0, 0.05) is 29.1 Å². The zero-order valence-electron chi connectivity index (χ0n) is 13.0. The van der Waals surface area contributed by atoms with Crippen LogP contribution in [0.25, 0.3) is 22.2 Å². The summed E-state index contributed by atoms with van der Waals surface area (Å²) >= 11 is 0. The van der Waals surface area contributed by atoms with Crippen molar-refractivity contribution in [3.05, 3.63) is 65.3 Å². The Morgan fingerprint density at radius 1 is 1.13 bits per heavy atom. The molecule has 0 radical (unpaired) electrons. The first kappa shape index (κ1) is 13.7. The highest BCUT2D eigenvalue weighted by atomic mass is 16.5. The second-order valence-electron chi connectivity index (χ2n) is 5.65. The lowest BCUT2D eigenvalue weighted by molar-refractivity contribution is 0.393. The van der Waals surface area contributed by atoms with Gasteiger partial charge in [0.25, 0.3) is 0 Å². The molecule has 0 amide bonds. The van der Waals surface area contributed by atoms with Crippen molar-refractivity contribution >= 4 is 11.0 Å². The van der Waals surface area contributed by atoms with Crippen molar-refractivity contribution in [2.75, 3.05) is 0 Å². The molecule has 0 bridgehead atoms. The first-order valence-electron chi connectivity index (χ1n) is 7.52. The second kappa shape index (κ2) is 5.35. The topological polar surface area (TPSA) is 67.6 Å². The molecule has 1 aromatic carbocycles. The van der Waals surface area contributed by atoms with E-state index in [1.807, 2.05) is 38.2 Å². The number of aromatic amines is 1. The Labute approximate surface area is 133 Å². The molecule has 0 unspecified atom stereocenters. The highest BCUT2D eigenvalue weighted by molar-refractivity contribution is 5.84. The van der Waals surface area contributed by atoms with Gasteiger partial charge in [-0.25, -0.2) is 4.98 Å². The number of aryl methyl sites for hydroxylation is 2. The van der Waals surface area contributed by atoms with Gasteiger partial charge in [0.1, 0.15) is 5.76 Å². The lowest BCUT2D eigenvalue weighted by atomic mass is 10.0. The van der Waals surface area contributed by atoms with Gasteiger partial charge in [-0.15, -0.1) is 0 Å². The van der Waals surface area contributed by atoms with Gasteiger partial charge >= 0.3 is 0 Å². The number of pyridine rings is 1. The van der Waals surface area contributed by atoms with Crippen LogP contribution in [0.15, 0.2) is 47.1 Å². The van der Waals surface area contributed by atoms with E-state index in [9.17, 15) is 0 Å². The van der Waals surface area contributed by atoms with Crippen molar-refractivity contribution in [2.45, 2.75) is 20.3 Å². The van der Waals surface area contributed by atoms with Crippen LogP contribution in [-0.2, 0) is 6.42 Å². The van der Waals surface area contributed by atoms with Crippen molar-refractivity contribution in [3.63, 3.8) is 0 Å². The van der Waals surface area contributed by atoms with E-state index in [2.05, 4.69) is 38.5 Å². The van der Waals surface area contributed by atoms with Crippen LogP contribution in [0.3, 0.4) is 0 Å². The average Bonchev–Trinajstić information content (AvgIpc) is 3.12. The van der Waals surface area contributed by atoms with E-state index in [0.717, 1.165) is 45.7 Å². The summed E-state index contributed by atoms with van der Waals surface area (Å²) < 4.78 is 5.27. The molecule has 0 fully saturated rings. The van der Waals surface area contributed by atoms with Crippen LogP contribution in [0, 0.1) is 13.8 Å². The van der Waals surface area contributed by atoms with Gasteiger partial charge in [0.2, 0.25) is 0 Å². The highest BCUT2D eigenvalue weighted by Gasteiger charge is 2.15. The summed E-state index contributed by atoms with van der Waals surface area (Å²) in [6.07, 6.45) is 2.60. The van der Waals surface area contributed by atoms with Gasteiger partial charge in [0.05, 0.1) is 11.4 Å². The van der Waals surface area contributed by atoms with Crippen molar-refractivity contribution in [2.24, 2.45) is 0 Å². The number of rotatable bonds is 3. The van der Waals surface area contributed by atoms with Gasteiger partial charge in [-0.2, -0.15) is 5.10 Å². The van der Waals surface area contributed by atoms with Gasteiger partial charge in [-0.1, -0.05) is 35.5 Å². The lowest BCUT2D eigenvalue weighted by Crippen LogP contribution is -1.90. The predicted molar refractivity (Wildman–Crippen MR) is 88.1 cm³/mol. The van der Waals surface area contributed by atoms with Gasteiger partial charge in [0.15, 0.2) is 5.65 Å². The third kappa shape index (κ3) is 2.40. The maximum absolute atomic E-state index is 5.27. The molecule has 1 N–H and O–H groups in total. The molecule has 114 valence electrons. The molecule has 0 atom stereocenters. The number of H-pyrrole nitrogens is 1. The molecule has 4 aromatic rings. The minimum Gasteiger partial charge on any atom is -0.361 e. The van der Waals surface area contributed by atoms with Gasteiger partial charge in [-0.3, -0.25) is 5.10 Å². The molecule has 0 aliphatic heterocycles. The summed E-state index contributed by atoms with van der Waals surface area (Å²) in [5.74, 6) is 0.803. The zero-order valence-corrected chi connectivity index (χ0v) is 13.0. The van der Waals surface area contributed by atoms with Crippen LogP contribution < -0.4 is 0 Å². The maximum Gasteiger partial charge on any atom is 0.155 e. The summed E-state index contributed by atoms with van der Waals surface area (Å²) in [5.41, 5.74) is 5.90. The molecule has 0 spiro atoms. The number of fused-ring (bicyclic) bond motifs is 1. The smallest absolute Gasteiger partial charge is 0.155 e. The van der Waals surface area contributed by atoms with E-state index >= 15 is 0 Å². The zero-order chi connectivity index (χ0) is 15.8. The molecule has 3 aromatic heterocycles. The molecule has 0 saturated heterocycles. The Balaban J connectivity index is 1.80. The Morgan fingerprint density at radius 3 is 2.70 bits per heavy atom. The van der Waals surface area contributed by atoms with E-state index < -0.39 is 0 Å². The molecule has 0 saturated carbocycles. The molecule has 0 aliphatic carbocycles. The summed E-state index contributed by atoms with van der Waals surface area (Å²) in [7, 11) is 0. The molecule has 23 heavy (non-hydrogen) atoms. The average molecular weight is 304 g/mol. The van der Waals surface area contributed by atoms with Crippen LogP contribution in [0.4, 0.5) is 0 Å². The summed E-state index contributed by atoms with van der Waals surface area (Å²) in [4.78, 5) is 4.49. The molecule has 3 heterocycles.